The summed E-state index contributed by atoms with van der Waals surface area (Å²) in [4.78, 5) is 0.0629. The van der Waals surface area contributed by atoms with E-state index in [1.54, 1.807) is 19.1 Å². The third-order valence-corrected chi connectivity index (χ3v) is 4.69. The fourth-order valence-electron chi connectivity index (χ4n) is 1.70. The zero-order valence-electron chi connectivity index (χ0n) is 10.5. The van der Waals surface area contributed by atoms with Gasteiger partial charge in [-0.2, -0.15) is 0 Å². The van der Waals surface area contributed by atoms with E-state index < -0.39 is 15.8 Å². The minimum Gasteiger partial charge on any atom is -0.396 e. The van der Waals surface area contributed by atoms with E-state index >= 15 is 0 Å². The molecule has 0 fully saturated rings. The number of nitrogens with two attached hydrogens (primary N) is 1. The van der Waals surface area contributed by atoms with Crippen molar-refractivity contribution in [3.05, 3.63) is 52.8 Å². The summed E-state index contributed by atoms with van der Waals surface area (Å²) in [6.45, 7) is 1.61. The van der Waals surface area contributed by atoms with Gasteiger partial charge in [0.1, 0.15) is 5.82 Å². The second kappa shape index (κ2) is 5.30. The molecule has 0 aliphatic rings. The number of anilines is 2. The number of hydrogen-bond acceptors (Lipinski definition) is 3. The van der Waals surface area contributed by atoms with Crippen LogP contribution in [0.15, 0.2) is 41.3 Å². The highest BCUT2D eigenvalue weighted by Crippen LogP contribution is 2.25. The first-order valence-corrected chi connectivity index (χ1v) is 7.50. The molecule has 0 unspecified atom stereocenters. The topological polar surface area (TPSA) is 72.2 Å². The van der Waals surface area contributed by atoms with Crippen LogP contribution in [-0.2, 0) is 10.0 Å². The Morgan fingerprint density at radius 1 is 1.25 bits per heavy atom. The number of halogens is 2. The van der Waals surface area contributed by atoms with Crippen LogP contribution in [0.25, 0.3) is 0 Å². The Kier molecular flexibility index (Phi) is 3.87. The lowest BCUT2D eigenvalue weighted by Crippen LogP contribution is -2.14. The molecule has 0 atom stereocenters. The van der Waals surface area contributed by atoms with Crippen molar-refractivity contribution in [3.63, 3.8) is 0 Å². The molecule has 0 aliphatic heterocycles. The number of hydrogen-bond donors (Lipinski definition) is 2. The lowest BCUT2D eigenvalue weighted by atomic mass is 10.2. The molecule has 0 aliphatic carbocycles. The van der Waals surface area contributed by atoms with Gasteiger partial charge in [0, 0.05) is 5.02 Å². The largest absolute Gasteiger partial charge is 0.396 e. The maximum absolute atomic E-state index is 13.1. The van der Waals surface area contributed by atoms with E-state index in [1.807, 2.05) is 0 Å². The molecule has 106 valence electrons. The van der Waals surface area contributed by atoms with E-state index in [1.165, 1.54) is 18.2 Å². The molecule has 2 aromatic rings. The average Bonchev–Trinajstić information content (AvgIpc) is 2.36. The molecule has 0 aromatic heterocycles. The van der Waals surface area contributed by atoms with Crippen molar-refractivity contribution in [3.8, 4) is 0 Å². The molecule has 0 bridgehead atoms. The van der Waals surface area contributed by atoms with E-state index in [2.05, 4.69) is 4.72 Å². The van der Waals surface area contributed by atoms with Crippen LogP contribution >= 0.6 is 11.6 Å². The van der Waals surface area contributed by atoms with Crippen LogP contribution in [-0.4, -0.2) is 8.42 Å². The number of sulfonamides is 1. The van der Waals surface area contributed by atoms with Crippen LogP contribution in [0.2, 0.25) is 5.02 Å². The summed E-state index contributed by atoms with van der Waals surface area (Å²) in [7, 11) is -3.81. The van der Waals surface area contributed by atoms with Crippen LogP contribution in [0.1, 0.15) is 5.56 Å². The summed E-state index contributed by atoms with van der Waals surface area (Å²) in [6.07, 6.45) is 0. The summed E-state index contributed by atoms with van der Waals surface area (Å²) in [5, 5.41) is 0.353. The normalized spacial score (nSPS) is 11.3. The third-order valence-electron chi connectivity index (χ3n) is 2.76. The molecule has 0 saturated carbocycles. The fourth-order valence-corrected chi connectivity index (χ4v) is 3.24. The number of rotatable bonds is 3. The maximum Gasteiger partial charge on any atom is 0.262 e. The predicted molar refractivity (Wildman–Crippen MR) is 77.8 cm³/mol. The number of nitrogens with one attached hydrogen (secondary N) is 1. The minimum atomic E-state index is -3.81. The molecule has 2 rings (SSSR count). The molecular weight excluding hydrogens is 303 g/mol. The first-order chi connectivity index (χ1) is 9.31. The average molecular weight is 315 g/mol. The Bertz CT molecular complexity index is 763. The molecule has 2 aromatic carbocycles. The van der Waals surface area contributed by atoms with Crippen LogP contribution in [0, 0.1) is 12.7 Å². The van der Waals surface area contributed by atoms with Crippen LogP contribution in [0.4, 0.5) is 15.8 Å². The van der Waals surface area contributed by atoms with Gasteiger partial charge in [0.2, 0.25) is 0 Å². The van der Waals surface area contributed by atoms with Gasteiger partial charge in [-0.05, 0) is 42.8 Å². The zero-order chi connectivity index (χ0) is 14.9. The smallest absolute Gasteiger partial charge is 0.262 e. The molecule has 7 heteroatoms. The second-order valence-electron chi connectivity index (χ2n) is 4.20. The Hall–Kier alpha value is -1.79. The summed E-state index contributed by atoms with van der Waals surface area (Å²) in [5.74, 6) is -0.605. The summed E-state index contributed by atoms with van der Waals surface area (Å²) in [5.41, 5.74) is 5.89. The van der Waals surface area contributed by atoms with Crippen LogP contribution < -0.4 is 10.5 Å². The highest BCUT2D eigenvalue weighted by Gasteiger charge is 2.18. The standard InChI is InChI=1S/C13H12ClFN2O2S/c1-8-10(14)3-2-4-13(8)20(18,19)17-9-5-6-11(15)12(16)7-9/h2-7,17H,16H2,1H3. The van der Waals surface area contributed by atoms with Crippen molar-refractivity contribution >= 4 is 33.0 Å². The van der Waals surface area contributed by atoms with Gasteiger partial charge in [-0.25, -0.2) is 12.8 Å². The zero-order valence-corrected chi connectivity index (χ0v) is 12.1. The maximum atomic E-state index is 13.1. The van der Waals surface area contributed by atoms with Crippen LogP contribution in [0.5, 0.6) is 0 Å². The van der Waals surface area contributed by atoms with Crippen molar-refractivity contribution in [1.29, 1.82) is 0 Å². The molecule has 4 nitrogen and oxygen atoms in total. The molecule has 3 N–H and O–H groups in total. The summed E-state index contributed by atoms with van der Waals surface area (Å²) >= 11 is 5.91. The number of benzene rings is 2. The first kappa shape index (κ1) is 14.6. The molecular formula is C13H12ClFN2O2S. The van der Waals surface area contributed by atoms with Gasteiger partial charge in [0.05, 0.1) is 16.3 Å². The van der Waals surface area contributed by atoms with Gasteiger partial charge < -0.3 is 5.73 Å². The van der Waals surface area contributed by atoms with Gasteiger partial charge in [-0.1, -0.05) is 17.7 Å². The van der Waals surface area contributed by atoms with E-state index in [4.69, 9.17) is 17.3 Å². The SMILES string of the molecule is Cc1c(Cl)cccc1S(=O)(=O)Nc1ccc(F)c(N)c1. The Labute approximate surface area is 121 Å². The molecule has 0 radical (unpaired) electrons. The van der Waals surface area contributed by atoms with Crippen molar-refractivity contribution in [1.82, 2.24) is 0 Å². The van der Waals surface area contributed by atoms with Crippen molar-refractivity contribution in [2.24, 2.45) is 0 Å². The molecule has 20 heavy (non-hydrogen) atoms. The van der Waals surface area contributed by atoms with Crippen molar-refractivity contribution in [2.45, 2.75) is 11.8 Å². The molecule has 0 amide bonds. The van der Waals surface area contributed by atoms with Crippen molar-refractivity contribution < 1.29 is 12.8 Å². The summed E-state index contributed by atoms with van der Waals surface area (Å²) in [6, 6.07) is 8.19. The number of nitrogen functional groups attached to an aromatic ring is 1. The predicted octanol–water partition coefficient (Wildman–Crippen LogP) is 3.17. The van der Waals surface area contributed by atoms with Gasteiger partial charge >= 0.3 is 0 Å². The third kappa shape index (κ3) is 2.86. The minimum absolute atomic E-state index is 0.0629. The van der Waals surface area contributed by atoms with E-state index in [0.29, 0.717) is 10.6 Å². The Morgan fingerprint density at radius 2 is 1.95 bits per heavy atom. The van der Waals surface area contributed by atoms with Crippen molar-refractivity contribution in [2.75, 3.05) is 10.5 Å². The van der Waals surface area contributed by atoms with Gasteiger partial charge in [0.15, 0.2) is 0 Å². The lowest BCUT2D eigenvalue weighted by Gasteiger charge is -2.11. The molecule has 0 saturated heterocycles. The quantitative estimate of drug-likeness (QED) is 0.855. The van der Waals surface area contributed by atoms with E-state index in [-0.39, 0.29) is 16.3 Å². The van der Waals surface area contributed by atoms with E-state index in [0.717, 1.165) is 6.07 Å². The summed E-state index contributed by atoms with van der Waals surface area (Å²) < 4.78 is 39.9. The fraction of sp³-hybridized carbons (Fsp3) is 0.0769. The second-order valence-corrected chi connectivity index (χ2v) is 6.26. The van der Waals surface area contributed by atoms with Crippen LogP contribution in [0.3, 0.4) is 0 Å². The lowest BCUT2D eigenvalue weighted by molar-refractivity contribution is 0.600. The van der Waals surface area contributed by atoms with Gasteiger partial charge in [0.25, 0.3) is 10.0 Å². The highest BCUT2D eigenvalue weighted by molar-refractivity contribution is 7.92. The van der Waals surface area contributed by atoms with E-state index in [9.17, 15) is 12.8 Å². The monoisotopic (exact) mass is 314 g/mol. The Balaban J connectivity index is 2.41. The first-order valence-electron chi connectivity index (χ1n) is 5.64. The highest BCUT2D eigenvalue weighted by atomic mass is 35.5. The van der Waals surface area contributed by atoms with Gasteiger partial charge in [-0.3, -0.25) is 4.72 Å². The molecule has 0 spiro atoms. The molecule has 0 heterocycles. The Morgan fingerprint density at radius 3 is 2.60 bits per heavy atom. The van der Waals surface area contributed by atoms with Gasteiger partial charge in [-0.15, -0.1) is 0 Å².